The van der Waals surface area contributed by atoms with E-state index in [1.807, 2.05) is 42.5 Å². The highest BCUT2D eigenvalue weighted by Gasteiger charge is 2.47. The molecule has 0 aliphatic carbocycles. The van der Waals surface area contributed by atoms with E-state index in [2.05, 4.69) is 6.58 Å². The Hall–Kier alpha value is -2.36. The Balaban J connectivity index is 2.25. The van der Waals surface area contributed by atoms with Crippen LogP contribution in [0, 0.1) is 0 Å². The van der Waals surface area contributed by atoms with Crippen molar-refractivity contribution < 1.29 is 14.6 Å². The van der Waals surface area contributed by atoms with Gasteiger partial charge in [0.2, 0.25) is 0 Å². The molecule has 0 amide bonds. The van der Waals surface area contributed by atoms with E-state index in [1.54, 1.807) is 33.8 Å². The molecule has 4 heteroatoms. The molecule has 0 unspecified atom stereocenters. The summed E-state index contributed by atoms with van der Waals surface area (Å²) in [6.45, 7) is 10.8. The van der Waals surface area contributed by atoms with Gasteiger partial charge in [-0.1, -0.05) is 48.5 Å². The van der Waals surface area contributed by atoms with Gasteiger partial charge in [-0.3, -0.25) is 4.79 Å². The number of ketones is 1. The van der Waals surface area contributed by atoms with E-state index >= 15 is 0 Å². The molecule has 140 valence electrons. The van der Waals surface area contributed by atoms with E-state index in [0.29, 0.717) is 10.6 Å². The molecule has 0 saturated carbocycles. The maximum Gasteiger partial charge on any atom is 0.198 e. The van der Waals surface area contributed by atoms with Gasteiger partial charge in [0.1, 0.15) is 17.0 Å². The monoisotopic (exact) mass is 382 g/mol. The maximum absolute atomic E-state index is 13.1. The molecule has 0 fully saturated rings. The van der Waals surface area contributed by atoms with Crippen molar-refractivity contribution in [1.29, 1.82) is 0 Å². The molecule has 0 radical (unpaired) electrons. The molecule has 0 aromatic heterocycles. The predicted octanol–water partition coefficient (Wildman–Crippen LogP) is 6.08. The van der Waals surface area contributed by atoms with E-state index < -0.39 is 11.2 Å². The summed E-state index contributed by atoms with van der Waals surface area (Å²) >= 11 is 5.99. The van der Waals surface area contributed by atoms with Crippen molar-refractivity contribution in [1.82, 2.24) is 0 Å². The fourth-order valence-corrected chi connectivity index (χ4v) is 3.59. The highest BCUT2D eigenvalue weighted by Crippen LogP contribution is 2.41. The lowest BCUT2D eigenvalue weighted by atomic mass is 9.81. The van der Waals surface area contributed by atoms with Crippen LogP contribution in [-0.4, -0.2) is 22.1 Å². The first-order chi connectivity index (χ1) is 12.6. The molecule has 0 bridgehead atoms. The highest BCUT2D eigenvalue weighted by molar-refractivity contribution is 6.30. The largest absolute Gasteiger partial charge is 0.508 e. The van der Waals surface area contributed by atoms with Gasteiger partial charge >= 0.3 is 0 Å². The molecule has 3 rings (SSSR count). The van der Waals surface area contributed by atoms with Crippen LogP contribution < -0.4 is 0 Å². The van der Waals surface area contributed by atoms with Gasteiger partial charge in [-0.25, -0.2) is 0 Å². The number of carbonyl (C=O) groups is 1. The number of Topliss-reactive ketones (excluding diaryl/α,β-unsaturated/α-hetero) is 1. The minimum absolute atomic E-state index is 0.0665. The fourth-order valence-electron chi connectivity index (χ4n) is 3.46. The average Bonchev–Trinajstić information content (AvgIpc) is 2.60. The van der Waals surface area contributed by atoms with Gasteiger partial charge in [0.25, 0.3) is 0 Å². The maximum atomic E-state index is 13.1. The van der Waals surface area contributed by atoms with Gasteiger partial charge in [0, 0.05) is 5.02 Å². The van der Waals surface area contributed by atoms with Gasteiger partial charge in [-0.15, -0.1) is 0 Å². The number of carbonyl (C=O) groups excluding carboxylic acids is 1. The Bertz CT molecular complexity index is 950. The molecule has 2 aromatic rings. The zero-order valence-electron chi connectivity index (χ0n) is 16.0. The molecule has 1 aliphatic rings. The van der Waals surface area contributed by atoms with Crippen LogP contribution in [0.15, 0.2) is 54.8 Å². The quantitative estimate of drug-likeness (QED) is 0.700. The van der Waals surface area contributed by atoms with Crippen molar-refractivity contribution in [2.75, 3.05) is 0 Å². The van der Waals surface area contributed by atoms with Crippen molar-refractivity contribution in [2.45, 2.75) is 38.9 Å². The molecule has 1 aliphatic heterocycles. The van der Waals surface area contributed by atoms with Gasteiger partial charge in [-0.05, 0) is 68.1 Å². The predicted molar refractivity (Wildman–Crippen MR) is 111 cm³/mol. The van der Waals surface area contributed by atoms with Crippen LogP contribution in [0.3, 0.4) is 0 Å². The summed E-state index contributed by atoms with van der Waals surface area (Å²) in [6, 6.07) is 13.2. The molecule has 1 N–H and O–H groups in total. The normalized spacial score (nSPS) is 18.5. The lowest BCUT2D eigenvalue weighted by molar-refractivity contribution is -0.158. The summed E-state index contributed by atoms with van der Waals surface area (Å²) in [7, 11) is 0. The summed E-state index contributed by atoms with van der Waals surface area (Å²) in [4.78, 5) is 13.1. The van der Waals surface area contributed by atoms with E-state index in [1.165, 1.54) is 0 Å². The number of hydrogen-bond donors (Lipinski definition) is 1. The van der Waals surface area contributed by atoms with Crippen molar-refractivity contribution in [3.05, 3.63) is 71.0 Å². The van der Waals surface area contributed by atoms with Gasteiger partial charge in [-0.2, -0.15) is 0 Å². The number of benzene rings is 2. The molecule has 3 nitrogen and oxygen atoms in total. The summed E-state index contributed by atoms with van der Waals surface area (Å²) in [5.41, 5.74) is 1.57. The summed E-state index contributed by atoms with van der Waals surface area (Å²) in [5, 5.41) is 11.5. The Kier molecular flexibility index (Phi) is 4.79. The van der Waals surface area contributed by atoms with Gasteiger partial charge < -0.3 is 9.84 Å². The number of aliphatic hydroxyl groups is 1. The van der Waals surface area contributed by atoms with Crippen LogP contribution in [0.2, 0.25) is 5.02 Å². The lowest BCUT2D eigenvalue weighted by Gasteiger charge is -2.40. The minimum atomic E-state index is -1.04. The molecule has 1 heterocycles. The standard InChI is InChI=1S/C23H23ClO3/c1-6-14-7-8-16(15-9-11-17(24)12-10-15)13-18(14)19-20(25)22(2,3)27-23(4,5)21(19)26/h6-13,25H,1H2,2-5H3. The first-order valence-corrected chi connectivity index (χ1v) is 9.16. The van der Waals surface area contributed by atoms with Crippen molar-refractivity contribution in [2.24, 2.45) is 0 Å². The number of aliphatic hydroxyl groups excluding tert-OH is 1. The molecule has 2 aromatic carbocycles. The summed E-state index contributed by atoms with van der Waals surface area (Å²) < 4.78 is 5.84. The average molecular weight is 383 g/mol. The third kappa shape index (κ3) is 3.45. The van der Waals surface area contributed by atoms with Gasteiger partial charge in [0.15, 0.2) is 5.78 Å². The Morgan fingerprint density at radius 3 is 2.19 bits per heavy atom. The van der Waals surface area contributed by atoms with Crippen LogP contribution in [-0.2, 0) is 9.53 Å². The number of hydrogen-bond acceptors (Lipinski definition) is 3. The smallest absolute Gasteiger partial charge is 0.198 e. The molecule has 27 heavy (non-hydrogen) atoms. The lowest BCUT2D eigenvalue weighted by Crippen LogP contribution is -2.49. The van der Waals surface area contributed by atoms with Crippen LogP contribution in [0.1, 0.15) is 38.8 Å². The third-order valence-corrected chi connectivity index (χ3v) is 5.06. The second kappa shape index (κ2) is 6.66. The topological polar surface area (TPSA) is 46.5 Å². The molecule has 0 spiro atoms. The Morgan fingerprint density at radius 2 is 1.59 bits per heavy atom. The summed E-state index contributed by atoms with van der Waals surface area (Å²) in [5.74, 6) is -0.320. The highest BCUT2D eigenvalue weighted by atomic mass is 35.5. The van der Waals surface area contributed by atoms with E-state index in [9.17, 15) is 9.90 Å². The van der Waals surface area contributed by atoms with Crippen molar-refractivity contribution >= 4 is 29.0 Å². The molecular weight excluding hydrogens is 360 g/mol. The van der Waals surface area contributed by atoms with Crippen molar-refractivity contribution in [3.63, 3.8) is 0 Å². The molecule has 0 atom stereocenters. The summed E-state index contributed by atoms with van der Waals surface area (Å²) in [6.07, 6.45) is 1.68. The first-order valence-electron chi connectivity index (χ1n) is 8.78. The molecule has 0 saturated heterocycles. The fraction of sp³-hybridized carbons (Fsp3) is 0.261. The van der Waals surface area contributed by atoms with E-state index in [4.69, 9.17) is 16.3 Å². The zero-order chi connectivity index (χ0) is 20.0. The third-order valence-electron chi connectivity index (χ3n) is 4.81. The number of ether oxygens (including phenoxy) is 1. The SMILES string of the molecule is C=Cc1ccc(-c2ccc(Cl)cc2)cc1C1=C(O)C(C)(C)OC(C)(C)C1=O. The van der Waals surface area contributed by atoms with Crippen LogP contribution in [0.5, 0.6) is 0 Å². The van der Waals surface area contributed by atoms with E-state index in [-0.39, 0.29) is 17.1 Å². The van der Waals surface area contributed by atoms with Crippen LogP contribution >= 0.6 is 11.6 Å². The Labute approximate surface area is 164 Å². The van der Waals surface area contributed by atoms with Crippen molar-refractivity contribution in [3.8, 4) is 11.1 Å². The van der Waals surface area contributed by atoms with Crippen LogP contribution in [0.4, 0.5) is 0 Å². The number of rotatable bonds is 3. The van der Waals surface area contributed by atoms with E-state index in [0.717, 1.165) is 16.7 Å². The van der Waals surface area contributed by atoms with Crippen LogP contribution in [0.25, 0.3) is 22.8 Å². The second-order valence-electron chi connectivity index (χ2n) is 7.69. The van der Waals surface area contributed by atoms with Gasteiger partial charge in [0.05, 0.1) is 5.57 Å². The second-order valence-corrected chi connectivity index (χ2v) is 8.12. The first kappa shape index (κ1) is 19.4. The number of halogens is 1. The zero-order valence-corrected chi connectivity index (χ0v) is 16.7. The minimum Gasteiger partial charge on any atom is -0.508 e. The molecular formula is C23H23ClO3. The Morgan fingerprint density at radius 1 is 1.00 bits per heavy atom.